The summed E-state index contributed by atoms with van der Waals surface area (Å²) in [5.41, 5.74) is 0.681. The molecule has 0 aliphatic rings. The van der Waals surface area contributed by atoms with E-state index in [0.29, 0.717) is 5.65 Å². The van der Waals surface area contributed by atoms with Gasteiger partial charge in [0.15, 0.2) is 5.65 Å². The standard InChI is InChI=1S/C16H10F4N6/c17-10-4-2-1-3-9(10)7-11-14-21-5-6-26(14)8-12(22-11)13-23-15(25-24-13)16(18,19)20/h1-6,8H,7H2,(H,23,24,25)/i1D,4D. The number of fused-ring (bicyclic) bond motifs is 1. The van der Waals surface area contributed by atoms with Crippen molar-refractivity contribution in [1.82, 2.24) is 29.5 Å². The number of nitrogens with zero attached hydrogens (tertiary/aromatic N) is 5. The first-order chi connectivity index (χ1) is 13.2. The Morgan fingerprint density at radius 3 is 2.88 bits per heavy atom. The maximum absolute atomic E-state index is 14.3. The van der Waals surface area contributed by atoms with Crippen LogP contribution < -0.4 is 0 Å². The van der Waals surface area contributed by atoms with Crippen molar-refractivity contribution >= 4 is 5.65 Å². The van der Waals surface area contributed by atoms with Crippen molar-refractivity contribution in [2.24, 2.45) is 0 Å². The van der Waals surface area contributed by atoms with E-state index in [0.717, 1.165) is 6.07 Å². The van der Waals surface area contributed by atoms with Crippen LogP contribution in [0.2, 0.25) is 0 Å². The number of rotatable bonds is 3. The molecule has 0 saturated carbocycles. The number of H-pyrrole nitrogens is 1. The molecule has 1 N–H and O–H groups in total. The molecule has 1 aromatic carbocycles. The van der Waals surface area contributed by atoms with Gasteiger partial charge in [-0.25, -0.2) is 19.3 Å². The van der Waals surface area contributed by atoms with Crippen molar-refractivity contribution in [3.8, 4) is 11.5 Å². The lowest BCUT2D eigenvalue weighted by Gasteiger charge is -2.07. The van der Waals surface area contributed by atoms with Gasteiger partial charge in [-0.05, 0) is 11.6 Å². The lowest BCUT2D eigenvalue weighted by molar-refractivity contribution is -0.144. The Kier molecular flexibility index (Phi) is 3.16. The maximum Gasteiger partial charge on any atom is 0.451 e. The van der Waals surface area contributed by atoms with Gasteiger partial charge in [-0.2, -0.15) is 18.3 Å². The molecule has 4 rings (SSSR count). The normalized spacial score (nSPS) is 13.1. The lowest BCUT2D eigenvalue weighted by atomic mass is 10.1. The number of hydrogen-bond donors (Lipinski definition) is 1. The van der Waals surface area contributed by atoms with Crippen molar-refractivity contribution in [2.45, 2.75) is 12.6 Å². The topological polar surface area (TPSA) is 71.8 Å². The van der Waals surface area contributed by atoms with Crippen LogP contribution in [0.3, 0.4) is 0 Å². The van der Waals surface area contributed by atoms with Gasteiger partial charge in [-0.3, -0.25) is 5.10 Å². The van der Waals surface area contributed by atoms with Gasteiger partial charge in [0.25, 0.3) is 0 Å². The first-order valence-corrected chi connectivity index (χ1v) is 7.30. The predicted molar refractivity (Wildman–Crippen MR) is 82.6 cm³/mol. The van der Waals surface area contributed by atoms with Gasteiger partial charge in [0, 0.05) is 25.0 Å². The van der Waals surface area contributed by atoms with Crippen LogP contribution in [0.1, 0.15) is 19.8 Å². The van der Waals surface area contributed by atoms with E-state index >= 15 is 0 Å². The third-order valence-corrected chi connectivity index (χ3v) is 3.61. The molecular weight excluding hydrogens is 352 g/mol. The fourth-order valence-corrected chi connectivity index (χ4v) is 2.44. The highest BCUT2D eigenvalue weighted by Gasteiger charge is 2.35. The van der Waals surface area contributed by atoms with Crippen LogP contribution in [0.15, 0.2) is 42.8 Å². The van der Waals surface area contributed by atoms with Gasteiger partial charge in [-0.1, -0.05) is 18.2 Å². The average molecular weight is 364 g/mol. The van der Waals surface area contributed by atoms with Crippen LogP contribution in [0.4, 0.5) is 17.6 Å². The minimum Gasteiger partial charge on any atom is -0.303 e. The van der Waals surface area contributed by atoms with E-state index in [1.54, 1.807) is 6.20 Å². The lowest BCUT2D eigenvalue weighted by Crippen LogP contribution is -2.07. The summed E-state index contributed by atoms with van der Waals surface area (Å²) in [6, 6.07) is 1.86. The quantitative estimate of drug-likeness (QED) is 0.567. The number of aromatic nitrogens is 6. The van der Waals surface area contributed by atoms with Crippen LogP contribution in [0.5, 0.6) is 0 Å². The molecule has 0 saturated heterocycles. The third-order valence-electron chi connectivity index (χ3n) is 3.61. The van der Waals surface area contributed by atoms with Gasteiger partial charge in [0.1, 0.15) is 11.5 Å². The summed E-state index contributed by atoms with van der Waals surface area (Å²) in [5.74, 6) is -2.34. The molecule has 6 nitrogen and oxygen atoms in total. The fourth-order valence-electron chi connectivity index (χ4n) is 2.44. The second-order valence-electron chi connectivity index (χ2n) is 5.35. The van der Waals surface area contributed by atoms with Crippen molar-refractivity contribution in [3.05, 3.63) is 65.7 Å². The molecule has 0 bridgehead atoms. The summed E-state index contributed by atoms with van der Waals surface area (Å²) in [6.45, 7) is 0. The Balaban J connectivity index is 1.81. The van der Waals surface area contributed by atoms with Crippen molar-refractivity contribution in [1.29, 1.82) is 0 Å². The molecule has 0 spiro atoms. The van der Waals surface area contributed by atoms with Gasteiger partial charge in [0.05, 0.1) is 8.44 Å². The van der Waals surface area contributed by atoms with Gasteiger partial charge in [0.2, 0.25) is 11.6 Å². The monoisotopic (exact) mass is 364 g/mol. The van der Waals surface area contributed by atoms with Crippen LogP contribution in [-0.4, -0.2) is 29.5 Å². The van der Waals surface area contributed by atoms with E-state index < -0.39 is 23.9 Å². The Labute approximate surface area is 146 Å². The highest BCUT2D eigenvalue weighted by atomic mass is 19.4. The van der Waals surface area contributed by atoms with Crippen molar-refractivity contribution < 1.29 is 20.3 Å². The van der Waals surface area contributed by atoms with E-state index in [9.17, 15) is 17.6 Å². The third kappa shape index (κ3) is 2.89. The molecule has 10 heteroatoms. The number of nitrogens with one attached hydrogen (secondary N) is 1. The second kappa shape index (κ2) is 5.90. The summed E-state index contributed by atoms with van der Waals surface area (Å²) >= 11 is 0. The Morgan fingerprint density at radius 1 is 1.27 bits per heavy atom. The number of benzene rings is 1. The Bertz CT molecular complexity index is 1180. The van der Waals surface area contributed by atoms with Crippen molar-refractivity contribution in [2.75, 3.05) is 0 Å². The van der Waals surface area contributed by atoms with Crippen LogP contribution >= 0.6 is 0 Å². The van der Waals surface area contributed by atoms with Crippen LogP contribution in [-0.2, 0) is 12.6 Å². The molecule has 0 unspecified atom stereocenters. The molecule has 0 aliphatic heterocycles. The number of imidazole rings is 1. The largest absolute Gasteiger partial charge is 0.451 e. The van der Waals surface area contributed by atoms with E-state index in [4.69, 9.17) is 2.74 Å². The highest BCUT2D eigenvalue weighted by molar-refractivity contribution is 5.55. The van der Waals surface area contributed by atoms with Crippen LogP contribution in [0, 0.1) is 5.82 Å². The van der Waals surface area contributed by atoms with E-state index in [2.05, 4.69) is 20.1 Å². The molecule has 26 heavy (non-hydrogen) atoms. The summed E-state index contributed by atoms with van der Waals surface area (Å²) in [6.07, 6.45) is -0.391. The summed E-state index contributed by atoms with van der Waals surface area (Å²) in [5, 5.41) is 5.37. The number of aromatic amines is 1. The fraction of sp³-hybridized carbons (Fsp3) is 0.125. The molecule has 0 atom stereocenters. The molecule has 0 radical (unpaired) electrons. The SMILES string of the molecule is [2H]c1cc([2H])c(F)c(Cc2nc(-c3n[nH]c(C(F)(F)F)n3)cn3ccnc23)c1. The molecule has 0 aliphatic carbocycles. The van der Waals surface area contributed by atoms with Crippen LogP contribution in [0.25, 0.3) is 17.2 Å². The first kappa shape index (κ1) is 13.9. The van der Waals surface area contributed by atoms with E-state index in [-0.39, 0.29) is 35.2 Å². The summed E-state index contributed by atoms with van der Waals surface area (Å²) < 4.78 is 69.3. The van der Waals surface area contributed by atoms with Gasteiger partial charge in [-0.15, -0.1) is 0 Å². The smallest absolute Gasteiger partial charge is 0.303 e. The molecule has 3 aromatic heterocycles. The Hall–Kier alpha value is -3.30. The summed E-state index contributed by atoms with van der Waals surface area (Å²) in [4.78, 5) is 11.8. The molecule has 132 valence electrons. The minimum atomic E-state index is -4.69. The van der Waals surface area contributed by atoms with Gasteiger partial charge < -0.3 is 4.40 Å². The Morgan fingerprint density at radius 2 is 2.12 bits per heavy atom. The van der Waals surface area contributed by atoms with E-state index in [1.807, 2.05) is 5.10 Å². The molecule has 0 fully saturated rings. The highest BCUT2D eigenvalue weighted by Crippen LogP contribution is 2.27. The van der Waals surface area contributed by atoms with Gasteiger partial charge >= 0.3 is 6.18 Å². The number of alkyl halides is 3. The first-order valence-electron chi connectivity index (χ1n) is 8.30. The maximum atomic E-state index is 14.3. The molecule has 3 heterocycles. The zero-order valence-corrected chi connectivity index (χ0v) is 12.8. The number of halogens is 4. The molecule has 4 aromatic rings. The average Bonchev–Trinajstić information content (AvgIpc) is 3.27. The molecular formula is C16H10F4N6. The second-order valence-corrected chi connectivity index (χ2v) is 5.35. The zero-order valence-electron chi connectivity index (χ0n) is 14.8. The molecule has 0 amide bonds. The minimum absolute atomic E-state index is 0.0285. The van der Waals surface area contributed by atoms with E-state index in [1.165, 1.54) is 22.9 Å². The number of hydrogen-bond acceptors (Lipinski definition) is 4. The summed E-state index contributed by atoms with van der Waals surface area (Å²) in [7, 11) is 0. The predicted octanol–water partition coefficient (Wildman–Crippen LogP) is 3.26. The van der Waals surface area contributed by atoms with Crippen molar-refractivity contribution in [3.63, 3.8) is 0 Å². The zero-order chi connectivity index (χ0) is 20.1.